The van der Waals surface area contributed by atoms with Crippen LogP contribution in [0.1, 0.15) is 44.7 Å². The summed E-state index contributed by atoms with van der Waals surface area (Å²) in [6, 6.07) is 6.40. The Kier molecular flexibility index (Phi) is 5.69. The number of likely N-dealkylation sites (tertiary alicyclic amines) is 1. The molecule has 1 aromatic rings. The molecule has 3 nitrogen and oxygen atoms in total. The van der Waals surface area contributed by atoms with E-state index in [9.17, 15) is 0 Å². The number of benzene rings is 1. The lowest BCUT2D eigenvalue weighted by molar-refractivity contribution is 0.197. The van der Waals surface area contributed by atoms with E-state index in [4.69, 9.17) is 10.5 Å². The molecule has 0 saturated carbocycles. The first-order chi connectivity index (χ1) is 10.1. The van der Waals surface area contributed by atoms with Crippen LogP contribution in [0.2, 0.25) is 0 Å². The summed E-state index contributed by atoms with van der Waals surface area (Å²) < 4.78 is 6.49. The lowest BCUT2D eigenvalue weighted by Crippen LogP contribution is -2.34. The molecule has 118 valence electrons. The van der Waals surface area contributed by atoms with Gasteiger partial charge in [-0.3, -0.25) is 4.90 Å². The summed E-state index contributed by atoms with van der Waals surface area (Å²) in [6.45, 7) is 7.53. The van der Waals surface area contributed by atoms with Crippen LogP contribution in [-0.4, -0.2) is 31.6 Å². The molecule has 0 aromatic heterocycles. The van der Waals surface area contributed by atoms with E-state index >= 15 is 0 Å². The van der Waals surface area contributed by atoms with Gasteiger partial charge in [0.05, 0.1) is 7.11 Å². The quantitative estimate of drug-likeness (QED) is 0.839. The number of halogens is 1. The van der Waals surface area contributed by atoms with E-state index in [1.807, 2.05) is 6.07 Å². The fourth-order valence-electron chi connectivity index (χ4n) is 3.44. The monoisotopic (exact) mass is 354 g/mol. The highest BCUT2D eigenvalue weighted by Crippen LogP contribution is 2.41. The van der Waals surface area contributed by atoms with Crippen LogP contribution in [0.25, 0.3) is 0 Å². The molecule has 0 spiro atoms. The minimum atomic E-state index is 0.259. The Hall–Kier alpha value is -0.580. The second-order valence-corrected chi connectivity index (χ2v) is 6.92. The fourth-order valence-corrected chi connectivity index (χ4v) is 3.95. The number of ether oxygens (including phenoxy) is 1. The molecule has 1 aliphatic heterocycles. The van der Waals surface area contributed by atoms with Crippen LogP contribution in [-0.2, 0) is 0 Å². The summed E-state index contributed by atoms with van der Waals surface area (Å²) >= 11 is 3.67. The van der Waals surface area contributed by atoms with Gasteiger partial charge in [0.15, 0.2) is 0 Å². The van der Waals surface area contributed by atoms with Gasteiger partial charge in [-0.2, -0.15) is 0 Å². The minimum absolute atomic E-state index is 0.259. The zero-order valence-corrected chi connectivity index (χ0v) is 14.9. The van der Waals surface area contributed by atoms with Gasteiger partial charge < -0.3 is 10.5 Å². The highest BCUT2D eigenvalue weighted by Gasteiger charge is 2.38. The maximum atomic E-state index is 6.11. The molecule has 2 N–H and O–H groups in total. The van der Waals surface area contributed by atoms with Gasteiger partial charge in [0.25, 0.3) is 0 Å². The number of hydrogen-bond acceptors (Lipinski definition) is 3. The van der Waals surface area contributed by atoms with E-state index in [-0.39, 0.29) is 6.04 Å². The van der Waals surface area contributed by atoms with Crippen molar-refractivity contribution in [3.63, 3.8) is 0 Å². The van der Waals surface area contributed by atoms with Gasteiger partial charge in [0.2, 0.25) is 0 Å². The van der Waals surface area contributed by atoms with E-state index < -0.39 is 0 Å². The number of methoxy groups -OCH3 is 1. The third-order valence-electron chi connectivity index (χ3n) is 5.19. The van der Waals surface area contributed by atoms with Gasteiger partial charge in [-0.1, -0.05) is 29.8 Å². The van der Waals surface area contributed by atoms with Crippen LogP contribution < -0.4 is 10.5 Å². The predicted octanol–water partition coefficient (Wildman–Crippen LogP) is 3.97. The molecule has 21 heavy (non-hydrogen) atoms. The first kappa shape index (κ1) is 16.8. The number of hydrogen-bond donors (Lipinski definition) is 1. The molecule has 1 saturated heterocycles. The third-order valence-corrected chi connectivity index (χ3v) is 5.92. The van der Waals surface area contributed by atoms with Crippen molar-refractivity contribution in [1.82, 2.24) is 4.90 Å². The van der Waals surface area contributed by atoms with Crippen molar-refractivity contribution in [2.75, 3.05) is 26.7 Å². The predicted molar refractivity (Wildman–Crippen MR) is 91.7 cm³/mol. The number of nitrogens with two attached hydrogens (primary N) is 1. The molecule has 0 amide bonds. The Morgan fingerprint density at radius 2 is 2.10 bits per heavy atom. The van der Waals surface area contributed by atoms with E-state index in [2.05, 4.69) is 46.8 Å². The van der Waals surface area contributed by atoms with Crippen LogP contribution in [0.15, 0.2) is 22.7 Å². The number of rotatable bonds is 6. The van der Waals surface area contributed by atoms with Crippen LogP contribution in [0, 0.1) is 5.41 Å². The van der Waals surface area contributed by atoms with E-state index in [0.717, 1.165) is 23.3 Å². The van der Waals surface area contributed by atoms with Gasteiger partial charge in [0, 0.05) is 23.6 Å². The first-order valence-corrected chi connectivity index (χ1v) is 8.66. The Morgan fingerprint density at radius 1 is 1.38 bits per heavy atom. The molecule has 1 atom stereocenters. The summed E-state index contributed by atoms with van der Waals surface area (Å²) in [5.74, 6) is 0.892. The molecular formula is C17H27BrN2O. The van der Waals surface area contributed by atoms with E-state index in [1.165, 1.54) is 24.8 Å². The largest absolute Gasteiger partial charge is 0.497 e. The fraction of sp³-hybridized carbons (Fsp3) is 0.647. The van der Waals surface area contributed by atoms with Crippen LogP contribution in [0.3, 0.4) is 0 Å². The molecule has 0 aliphatic carbocycles. The highest BCUT2D eigenvalue weighted by atomic mass is 79.9. The maximum Gasteiger partial charge on any atom is 0.119 e. The van der Waals surface area contributed by atoms with E-state index in [0.29, 0.717) is 12.0 Å². The maximum absolute atomic E-state index is 6.11. The highest BCUT2D eigenvalue weighted by molar-refractivity contribution is 9.10. The Bertz CT molecular complexity index is 474. The molecule has 0 radical (unpaired) electrons. The molecular weight excluding hydrogens is 328 g/mol. The molecule has 1 heterocycles. The summed E-state index contributed by atoms with van der Waals surface area (Å²) in [5, 5.41) is 0. The van der Waals surface area contributed by atoms with Crippen molar-refractivity contribution < 1.29 is 4.74 Å². The molecule has 2 rings (SSSR count). The second-order valence-electron chi connectivity index (χ2n) is 6.07. The molecule has 1 aliphatic rings. The topological polar surface area (TPSA) is 38.5 Å². The Balaban J connectivity index is 2.25. The molecule has 1 unspecified atom stereocenters. The lowest BCUT2D eigenvalue weighted by Gasteiger charge is -2.31. The summed E-state index contributed by atoms with van der Waals surface area (Å²) in [5.41, 5.74) is 7.82. The van der Waals surface area contributed by atoms with Crippen molar-refractivity contribution >= 4 is 15.9 Å². The molecule has 1 aromatic carbocycles. The van der Waals surface area contributed by atoms with Crippen LogP contribution in [0.4, 0.5) is 0 Å². The average Bonchev–Trinajstić information content (AvgIpc) is 2.95. The Morgan fingerprint density at radius 3 is 2.62 bits per heavy atom. The van der Waals surface area contributed by atoms with Gasteiger partial charge >= 0.3 is 0 Å². The van der Waals surface area contributed by atoms with E-state index in [1.54, 1.807) is 7.11 Å². The Labute approximate surface area is 137 Å². The number of nitrogens with zero attached hydrogens (tertiary/aromatic N) is 1. The summed E-state index contributed by atoms with van der Waals surface area (Å²) in [6.07, 6.45) is 3.77. The zero-order chi connectivity index (χ0) is 15.5. The summed E-state index contributed by atoms with van der Waals surface area (Å²) in [4.78, 5) is 2.55. The first-order valence-electron chi connectivity index (χ1n) is 7.86. The second kappa shape index (κ2) is 7.12. The molecule has 4 heteroatoms. The van der Waals surface area contributed by atoms with Gasteiger partial charge in [-0.15, -0.1) is 0 Å². The van der Waals surface area contributed by atoms with Gasteiger partial charge in [0.1, 0.15) is 5.75 Å². The van der Waals surface area contributed by atoms with Crippen LogP contribution >= 0.6 is 15.9 Å². The third kappa shape index (κ3) is 3.43. The van der Waals surface area contributed by atoms with Crippen molar-refractivity contribution in [2.24, 2.45) is 11.1 Å². The molecule has 0 bridgehead atoms. The van der Waals surface area contributed by atoms with Crippen molar-refractivity contribution in [2.45, 2.75) is 39.2 Å². The SMILES string of the molecule is CCC1(CC)CCN(C(CN)c2cc(OC)ccc2Br)C1. The standard InChI is InChI=1S/C17H27BrN2O/c1-4-17(5-2)8-9-20(12-17)16(11-19)14-10-13(21-3)6-7-15(14)18/h6-7,10,16H,4-5,8-9,11-12,19H2,1-3H3. The van der Waals surface area contributed by atoms with Crippen molar-refractivity contribution in [3.05, 3.63) is 28.2 Å². The minimum Gasteiger partial charge on any atom is -0.497 e. The van der Waals surface area contributed by atoms with Crippen molar-refractivity contribution in [1.29, 1.82) is 0 Å². The normalized spacial score (nSPS) is 19.7. The molecule has 1 fully saturated rings. The average molecular weight is 355 g/mol. The van der Waals surface area contributed by atoms with Crippen molar-refractivity contribution in [3.8, 4) is 5.75 Å². The van der Waals surface area contributed by atoms with Gasteiger partial charge in [-0.05, 0) is 55.0 Å². The smallest absolute Gasteiger partial charge is 0.119 e. The van der Waals surface area contributed by atoms with Crippen LogP contribution in [0.5, 0.6) is 5.75 Å². The lowest BCUT2D eigenvalue weighted by atomic mass is 9.82. The van der Waals surface area contributed by atoms with Gasteiger partial charge in [-0.25, -0.2) is 0 Å². The zero-order valence-electron chi connectivity index (χ0n) is 13.4. The summed E-state index contributed by atoms with van der Waals surface area (Å²) in [7, 11) is 1.71.